The van der Waals surface area contributed by atoms with Crippen LogP contribution in [0, 0.1) is 0 Å². The molecule has 1 aliphatic heterocycles. The normalized spacial score (nSPS) is 18.5. The third-order valence-electron chi connectivity index (χ3n) is 2.08. The highest BCUT2D eigenvalue weighted by atomic mass is 32.2. The van der Waals surface area contributed by atoms with E-state index in [-0.39, 0.29) is 18.6 Å². The highest BCUT2D eigenvalue weighted by molar-refractivity contribution is 7.89. The summed E-state index contributed by atoms with van der Waals surface area (Å²) in [6.45, 7) is 2.02. The quantitative estimate of drug-likeness (QED) is 0.630. The van der Waals surface area contributed by atoms with Gasteiger partial charge in [0.2, 0.25) is 10.0 Å². The minimum atomic E-state index is -3.42. The van der Waals surface area contributed by atoms with Crippen molar-refractivity contribution in [3.63, 3.8) is 0 Å². The number of rotatable bonds is 6. The Bertz CT molecular complexity index is 323. The number of carbonyl (C=O) groups is 1. The smallest absolute Gasteiger partial charge is 0.303 e. The first-order chi connectivity index (χ1) is 7.49. The lowest BCUT2D eigenvalue weighted by molar-refractivity contribution is -0.137. The fourth-order valence-electron chi connectivity index (χ4n) is 1.31. The molecule has 7 nitrogen and oxygen atoms in total. The highest BCUT2D eigenvalue weighted by Crippen LogP contribution is 1.99. The third kappa shape index (κ3) is 5.40. The number of hydrogen-bond donors (Lipinski definition) is 2. The molecule has 1 rings (SSSR count). The van der Waals surface area contributed by atoms with Crippen LogP contribution in [-0.4, -0.2) is 56.6 Å². The lowest BCUT2D eigenvalue weighted by Crippen LogP contribution is -2.48. The van der Waals surface area contributed by atoms with Gasteiger partial charge in [0.15, 0.2) is 0 Å². The van der Waals surface area contributed by atoms with Gasteiger partial charge in [-0.1, -0.05) is 0 Å². The largest absolute Gasteiger partial charge is 0.481 e. The van der Waals surface area contributed by atoms with Gasteiger partial charge in [-0.15, -0.1) is 4.83 Å². The Morgan fingerprint density at radius 1 is 1.38 bits per heavy atom. The second-order valence-corrected chi connectivity index (χ2v) is 5.33. The monoisotopic (exact) mass is 252 g/mol. The zero-order valence-electron chi connectivity index (χ0n) is 8.89. The lowest BCUT2D eigenvalue weighted by atomic mass is 10.3. The number of nitrogens with zero attached hydrogens (tertiary/aromatic N) is 1. The molecular formula is C8H16N2O5S. The maximum absolute atomic E-state index is 11.5. The second-order valence-electron chi connectivity index (χ2n) is 3.51. The van der Waals surface area contributed by atoms with Crippen molar-refractivity contribution in [1.29, 1.82) is 0 Å². The van der Waals surface area contributed by atoms with Crippen LogP contribution in [0.25, 0.3) is 0 Å². The van der Waals surface area contributed by atoms with Gasteiger partial charge in [0, 0.05) is 19.5 Å². The Labute approximate surface area is 94.4 Å². The molecule has 0 aromatic heterocycles. The third-order valence-corrected chi connectivity index (χ3v) is 3.45. The first-order valence-electron chi connectivity index (χ1n) is 5.04. The summed E-state index contributed by atoms with van der Waals surface area (Å²) in [6.07, 6.45) is -0.0149. The van der Waals surface area contributed by atoms with Crippen LogP contribution in [0.3, 0.4) is 0 Å². The number of carboxylic acids is 1. The molecule has 2 N–H and O–H groups in total. The first-order valence-corrected chi connectivity index (χ1v) is 6.69. The van der Waals surface area contributed by atoms with Crippen LogP contribution in [0.2, 0.25) is 0 Å². The van der Waals surface area contributed by atoms with Crippen LogP contribution in [0.5, 0.6) is 0 Å². The molecule has 0 spiro atoms. The predicted octanol–water partition coefficient (Wildman–Crippen LogP) is -0.982. The van der Waals surface area contributed by atoms with Crippen molar-refractivity contribution >= 4 is 16.0 Å². The van der Waals surface area contributed by atoms with Gasteiger partial charge in [-0.25, -0.2) is 13.4 Å². The highest BCUT2D eigenvalue weighted by Gasteiger charge is 2.17. The number of hydrogen-bond acceptors (Lipinski definition) is 5. The number of morpholine rings is 1. The predicted molar refractivity (Wildman–Crippen MR) is 56.2 cm³/mol. The van der Waals surface area contributed by atoms with E-state index in [1.54, 1.807) is 5.01 Å². The van der Waals surface area contributed by atoms with Gasteiger partial charge in [-0.05, 0) is 6.42 Å². The molecule has 1 aliphatic rings. The minimum Gasteiger partial charge on any atom is -0.481 e. The van der Waals surface area contributed by atoms with Gasteiger partial charge in [0.05, 0.1) is 19.0 Å². The van der Waals surface area contributed by atoms with Crippen molar-refractivity contribution in [3.8, 4) is 0 Å². The summed E-state index contributed by atoms with van der Waals surface area (Å²) in [4.78, 5) is 12.6. The Morgan fingerprint density at radius 2 is 2.00 bits per heavy atom. The lowest BCUT2D eigenvalue weighted by Gasteiger charge is -2.26. The van der Waals surface area contributed by atoms with Crippen molar-refractivity contribution in [2.24, 2.45) is 0 Å². The van der Waals surface area contributed by atoms with E-state index in [9.17, 15) is 13.2 Å². The van der Waals surface area contributed by atoms with E-state index in [0.29, 0.717) is 26.3 Å². The van der Waals surface area contributed by atoms with Gasteiger partial charge in [0.25, 0.3) is 0 Å². The number of sulfonamides is 1. The molecular weight excluding hydrogens is 236 g/mol. The topological polar surface area (TPSA) is 95.9 Å². The van der Waals surface area contributed by atoms with Crippen LogP contribution >= 0.6 is 0 Å². The van der Waals surface area contributed by atoms with Crippen LogP contribution in [0.15, 0.2) is 0 Å². The van der Waals surface area contributed by atoms with E-state index >= 15 is 0 Å². The summed E-state index contributed by atoms with van der Waals surface area (Å²) in [6, 6.07) is 0. The van der Waals surface area contributed by atoms with Gasteiger partial charge in [-0.2, -0.15) is 0 Å². The fourth-order valence-corrected chi connectivity index (χ4v) is 2.50. The molecule has 16 heavy (non-hydrogen) atoms. The average Bonchev–Trinajstić information content (AvgIpc) is 2.17. The van der Waals surface area contributed by atoms with Crippen LogP contribution < -0.4 is 4.83 Å². The van der Waals surface area contributed by atoms with E-state index in [2.05, 4.69) is 4.83 Å². The standard InChI is InChI=1S/C8H16N2O5S/c11-8(12)2-1-7-16(13,14)9-10-3-5-15-6-4-10/h9H,1-7H2,(H,11,12). The van der Waals surface area contributed by atoms with Gasteiger partial charge in [0.1, 0.15) is 0 Å². The summed E-state index contributed by atoms with van der Waals surface area (Å²) in [5.74, 6) is -1.15. The van der Waals surface area contributed by atoms with E-state index < -0.39 is 16.0 Å². The Kier molecular flexibility index (Phi) is 5.13. The Balaban J connectivity index is 2.29. The molecule has 0 amide bonds. The van der Waals surface area contributed by atoms with Crippen molar-refractivity contribution in [2.75, 3.05) is 32.1 Å². The molecule has 0 bridgehead atoms. The molecule has 0 saturated carbocycles. The van der Waals surface area contributed by atoms with E-state index in [0.717, 1.165) is 0 Å². The first kappa shape index (κ1) is 13.4. The van der Waals surface area contributed by atoms with Crippen molar-refractivity contribution in [1.82, 2.24) is 9.84 Å². The summed E-state index contributed by atoms with van der Waals surface area (Å²) in [7, 11) is -3.42. The summed E-state index contributed by atoms with van der Waals surface area (Å²) in [5.41, 5.74) is 0. The number of aliphatic carboxylic acids is 1. The van der Waals surface area contributed by atoms with Crippen molar-refractivity contribution < 1.29 is 23.1 Å². The zero-order chi connectivity index (χ0) is 12.0. The molecule has 94 valence electrons. The van der Waals surface area contributed by atoms with Gasteiger partial charge in [-0.3, -0.25) is 4.79 Å². The molecule has 0 aromatic rings. The van der Waals surface area contributed by atoms with Gasteiger partial charge < -0.3 is 9.84 Å². The minimum absolute atomic E-state index is 0.120. The van der Waals surface area contributed by atoms with E-state index in [1.165, 1.54) is 0 Å². The Hall–Kier alpha value is -0.700. The van der Waals surface area contributed by atoms with Crippen LogP contribution in [0.4, 0.5) is 0 Å². The molecule has 0 radical (unpaired) electrons. The van der Waals surface area contributed by atoms with Gasteiger partial charge >= 0.3 is 5.97 Å². The number of hydrazine groups is 1. The van der Waals surface area contributed by atoms with E-state index in [4.69, 9.17) is 9.84 Å². The number of nitrogens with one attached hydrogen (secondary N) is 1. The fraction of sp³-hybridized carbons (Fsp3) is 0.875. The second kappa shape index (κ2) is 6.14. The zero-order valence-corrected chi connectivity index (χ0v) is 9.70. The molecule has 0 aromatic carbocycles. The molecule has 8 heteroatoms. The molecule has 1 saturated heterocycles. The molecule has 0 unspecified atom stereocenters. The summed E-state index contributed by atoms with van der Waals surface area (Å²) in [5, 5.41) is 9.96. The summed E-state index contributed by atoms with van der Waals surface area (Å²) < 4.78 is 28.1. The number of carboxylic acid groups (broad SMARTS) is 1. The SMILES string of the molecule is O=C(O)CCCS(=O)(=O)NN1CCOCC1. The molecule has 1 heterocycles. The Morgan fingerprint density at radius 3 is 2.56 bits per heavy atom. The maximum atomic E-state index is 11.5. The maximum Gasteiger partial charge on any atom is 0.303 e. The summed E-state index contributed by atoms with van der Waals surface area (Å²) >= 11 is 0. The van der Waals surface area contributed by atoms with E-state index in [1.807, 2.05) is 0 Å². The molecule has 0 aliphatic carbocycles. The number of ether oxygens (including phenoxy) is 1. The van der Waals surface area contributed by atoms with Crippen LogP contribution in [-0.2, 0) is 19.6 Å². The average molecular weight is 252 g/mol. The van der Waals surface area contributed by atoms with Crippen molar-refractivity contribution in [3.05, 3.63) is 0 Å². The van der Waals surface area contributed by atoms with Crippen LogP contribution in [0.1, 0.15) is 12.8 Å². The molecule has 1 fully saturated rings. The van der Waals surface area contributed by atoms with Crippen molar-refractivity contribution in [2.45, 2.75) is 12.8 Å². The molecule has 0 atom stereocenters.